The van der Waals surface area contributed by atoms with Gasteiger partial charge in [0.25, 0.3) is 0 Å². The summed E-state index contributed by atoms with van der Waals surface area (Å²) in [5.74, 6) is -1.50. The number of hydrogen-bond acceptors (Lipinski definition) is 6. The van der Waals surface area contributed by atoms with Gasteiger partial charge in [0, 0.05) is 19.3 Å². The van der Waals surface area contributed by atoms with Crippen LogP contribution in [0.5, 0.6) is 0 Å². The van der Waals surface area contributed by atoms with Crippen molar-refractivity contribution in [1.29, 1.82) is 0 Å². The van der Waals surface area contributed by atoms with Crippen molar-refractivity contribution in [3.63, 3.8) is 0 Å². The van der Waals surface area contributed by atoms with Crippen molar-refractivity contribution in [1.82, 2.24) is 0 Å². The summed E-state index contributed by atoms with van der Waals surface area (Å²) in [6.07, 6.45) is 40.0. The smallest absolute Gasteiger partial charge is 0.362 e. The van der Waals surface area contributed by atoms with Gasteiger partial charge in [0.1, 0.15) is 6.61 Å². The van der Waals surface area contributed by atoms with Crippen molar-refractivity contribution >= 4 is 17.9 Å². The van der Waals surface area contributed by atoms with E-state index in [1.165, 1.54) is 64.2 Å². The molecular weight excluding hydrogens is 654 g/mol. The zero-order chi connectivity index (χ0) is 38.5. The summed E-state index contributed by atoms with van der Waals surface area (Å²) < 4.78 is 17.2. The summed E-state index contributed by atoms with van der Waals surface area (Å²) in [7, 11) is 5.51. The topological polar surface area (TPSA) is 99.1 Å². The van der Waals surface area contributed by atoms with Gasteiger partial charge in [-0.15, -0.1) is 0 Å². The van der Waals surface area contributed by atoms with Crippen LogP contribution < -0.4 is 0 Å². The molecule has 8 heteroatoms. The number of likely N-dealkylation sites (N-methyl/N-ethyl adjacent to an activating group) is 1. The molecule has 0 aromatic heterocycles. The number of ether oxygens (including phenoxy) is 3. The lowest BCUT2D eigenvalue weighted by Gasteiger charge is -2.31. The third-order valence-corrected chi connectivity index (χ3v) is 9.08. The molecule has 2 atom stereocenters. The molecule has 0 saturated carbocycles. The van der Waals surface area contributed by atoms with E-state index in [4.69, 9.17) is 14.2 Å². The molecule has 2 unspecified atom stereocenters. The van der Waals surface area contributed by atoms with E-state index < -0.39 is 18.1 Å². The number of aliphatic carboxylic acids is 1. The Morgan fingerprint density at radius 1 is 0.577 bits per heavy atom. The summed E-state index contributed by atoms with van der Waals surface area (Å²) in [5.41, 5.74) is 0. The minimum Gasteiger partial charge on any atom is -0.477 e. The lowest BCUT2D eigenvalue weighted by Crippen LogP contribution is -2.50. The summed E-state index contributed by atoms with van der Waals surface area (Å²) in [6, 6.07) is -0.618. The molecule has 0 radical (unpaired) electrons. The molecule has 0 aromatic rings. The van der Waals surface area contributed by atoms with Crippen LogP contribution in [0.1, 0.15) is 162 Å². The lowest BCUT2D eigenvalue weighted by molar-refractivity contribution is -0.887. The van der Waals surface area contributed by atoms with E-state index in [0.717, 1.165) is 64.2 Å². The van der Waals surface area contributed by atoms with Crippen LogP contribution in [0.4, 0.5) is 0 Å². The Bertz CT molecular complexity index is 995. The largest absolute Gasteiger partial charge is 0.477 e. The molecule has 52 heavy (non-hydrogen) atoms. The van der Waals surface area contributed by atoms with Crippen LogP contribution in [0.2, 0.25) is 0 Å². The molecule has 0 heterocycles. The van der Waals surface area contributed by atoms with Crippen LogP contribution in [0.15, 0.2) is 48.6 Å². The van der Waals surface area contributed by atoms with Gasteiger partial charge in [0.15, 0.2) is 12.1 Å². The highest BCUT2D eigenvalue weighted by Gasteiger charge is 2.31. The molecule has 0 saturated heterocycles. The first-order valence-electron chi connectivity index (χ1n) is 20.7. The SMILES string of the molecule is CCCCC/C=C/C=C/C=C/C=C/CCCCCCCC(=O)OC(COCCC(C(=O)O)[N+](C)(C)C)COC(=O)CCCCCCCCCCCC. The standard InChI is InChI=1S/C44H77NO7/c1-6-8-10-12-14-16-18-19-20-21-22-23-24-25-27-29-31-33-35-43(47)52-40(38-50-37-36-41(44(48)49)45(3,4)5)39-51-42(46)34-32-30-28-26-17-15-13-11-9-7-2/h14,16,18-23,40-41H,6-13,15,17,24-39H2,1-5H3/p+1/b16-14+,19-18+,21-20+,23-22+. The lowest BCUT2D eigenvalue weighted by atomic mass is 10.1. The molecule has 0 rings (SSSR count). The third-order valence-electron chi connectivity index (χ3n) is 9.08. The van der Waals surface area contributed by atoms with E-state index in [-0.39, 0.29) is 36.2 Å². The highest BCUT2D eigenvalue weighted by molar-refractivity contribution is 5.72. The van der Waals surface area contributed by atoms with Crippen molar-refractivity contribution in [2.45, 2.75) is 174 Å². The molecular formula is C44H78NO7+. The maximum atomic E-state index is 12.7. The Hall–Kier alpha value is -2.71. The first-order valence-corrected chi connectivity index (χ1v) is 20.7. The Morgan fingerprint density at radius 3 is 1.54 bits per heavy atom. The van der Waals surface area contributed by atoms with E-state index in [1.807, 2.05) is 27.2 Å². The maximum Gasteiger partial charge on any atom is 0.362 e. The van der Waals surface area contributed by atoms with Crippen LogP contribution in [-0.2, 0) is 28.6 Å². The minimum absolute atomic E-state index is 0.0515. The number of carboxylic acid groups (broad SMARTS) is 1. The Balaban J connectivity index is 4.43. The van der Waals surface area contributed by atoms with Crippen molar-refractivity contribution in [2.24, 2.45) is 0 Å². The second kappa shape index (κ2) is 35.3. The highest BCUT2D eigenvalue weighted by Crippen LogP contribution is 2.13. The zero-order valence-electron chi connectivity index (χ0n) is 34.0. The Morgan fingerprint density at radius 2 is 1.02 bits per heavy atom. The van der Waals surface area contributed by atoms with Gasteiger partial charge in [-0.3, -0.25) is 9.59 Å². The number of esters is 2. The Kier molecular flexibility index (Phi) is 33.5. The molecule has 0 aromatic carbocycles. The van der Waals surface area contributed by atoms with Gasteiger partial charge in [-0.25, -0.2) is 4.79 Å². The summed E-state index contributed by atoms with van der Waals surface area (Å²) in [6.45, 7) is 4.65. The molecule has 8 nitrogen and oxygen atoms in total. The molecule has 0 aliphatic rings. The van der Waals surface area contributed by atoms with Crippen LogP contribution in [-0.4, -0.2) is 80.6 Å². The third kappa shape index (κ3) is 33.1. The number of unbranched alkanes of at least 4 members (excludes halogenated alkanes) is 17. The first-order chi connectivity index (χ1) is 25.1. The summed E-state index contributed by atoms with van der Waals surface area (Å²) >= 11 is 0. The number of carbonyl (C=O) groups excluding carboxylic acids is 2. The predicted molar refractivity (Wildman–Crippen MR) is 215 cm³/mol. The molecule has 0 spiro atoms. The predicted octanol–water partition coefficient (Wildman–Crippen LogP) is 10.9. The van der Waals surface area contributed by atoms with Gasteiger partial charge >= 0.3 is 17.9 Å². The van der Waals surface area contributed by atoms with E-state index in [9.17, 15) is 19.5 Å². The average molecular weight is 733 g/mol. The number of hydrogen-bond donors (Lipinski definition) is 1. The fraction of sp³-hybridized carbons (Fsp3) is 0.750. The molecule has 300 valence electrons. The van der Waals surface area contributed by atoms with Gasteiger partial charge in [-0.1, -0.05) is 152 Å². The van der Waals surface area contributed by atoms with E-state index in [2.05, 4.69) is 56.4 Å². The number of rotatable bonds is 36. The van der Waals surface area contributed by atoms with Crippen molar-refractivity contribution in [3.05, 3.63) is 48.6 Å². The van der Waals surface area contributed by atoms with Crippen molar-refractivity contribution in [3.8, 4) is 0 Å². The van der Waals surface area contributed by atoms with Crippen molar-refractivity contribution in [2.75, 3.05) is 41.0 Å². The van der Waals surface area contributed by atoms with Crippen LogP contribution in [0, 0.1) is 0 Å². The molecule has 0 bridgehead atoms. The molecule has 0 fully saturated rings. The number of carboxylic acids is 1. The van der Waals surface area contributed by atoms with E-state index in [0.29, 0.717) is 19.3 Å². The van der Waals surface area contributed by atoms with Gasteiger partial charge in [0.05, 0.1) is 34.4 Å². The monoisotopic (exact) mass is 733 g/mol. The molecule has 0 aliphatic heterocycles. The number of quaternary nitrogens is 1. The number of nitrogens with zero attached hydrogens (tertiary/aromatic N) is 1. The van der Waals surface area contributed by atoms with Crippen LogP contribution >= 0.6 is 0 Å². The van der Waals surface area contributed by atoms with Crippen LogP contribution in [0.25, 0.3) is 0 Å². The molecule has 0 aliphatic carbocycles. The van der Waals surface area contributed by atoms with E-state index in [1.54, 1.807) is 0 Å². The maximum absolute atomic E-state index is 12.7. The quantitative estimate of drug-likeness (QED) is 0.0296. The minimum atomic E-state index is -0.881. The number of allylic oxidation sites excluding steroid dienone is 8. The molecule has 1 N–H and O–H groups in total. The normalized spacial score (nSPS) is 13.5. The highest BCUT2D eigenvalue weighted by atomic mass is 16.6. The fourth-order valence-electron chi connectivity index (χ4n) is 5.81. The second-order valence-corrected chi connectivity index (χ2v) is 15.0. The average Bonchev–Trinajstić information content (AvgIpc) is 3.09. The first kappa shape index (κ1) is 49.3. The second-order valence-electron chi connectivity index (χ2n) is 15.0. The summed E-state index contributed by atoms with van der Waals surface area (Å²) in [4.78, 5) is 36.8. The number of carbonyl (C=O) groups is 3. The van der Waals surface area contributed by atoms with E-state index >= 15 is 0 Å². The van der Waals surface area contributed by atoms with Gasteiger partial charge in [-0.05, 0) is 38.5 Å². The van der Waals surface area contributed by atoms with Crippen molar-refractivity contribution < 1.29 is 38.2 Å². The van der Waals surface area contributed by atoms with Gasteiger partial charge < -0.3 is 23.8 Å². The zero-order valence-corrected chi connectivity index (χ0v) is 34.0. The fourth-order valence-corrected chi connectivity index (χ4v) is 5.81. The van der Waals surface area contributed by atoms with Crippen LogP contribution in [0.3, 0.4) is 0 Å². The Labute approximate surface area is 318 Å². The van der Waals surface area contributed by atoms with Gasteiger partial charge in [0.2, 0.25) is 0 Å². The van der Waals surface area contributed by atoms with Gasteiger partial charge in [-0.2, -0.15) is 0 Å². The molecule has 0 amide bonds. The summed E-state index contributed by atoms with van der Waals surface area (Å²) in [5, 5.41) is 9.59.